The summed E-state index contributed by atoms with van der Waals surface area (Å²) >= 11 is 1.47. The summed E-state index contributed by atoms with van der Waals surface area (Å²) in [6.45, 7) is 5.16. The molecule has 2 heterocycles. The van der Waals surface area contributed by atoms with Crippen LogP contribution < -0.4 is 0 Å². The van der Waals surface area contributed by atoms with E-state index < -0.39 is 0 Å². The molecule has 3 aromatic rings. The first-order chi connectivity index (χ1) is 14.7. The summed E-state index contributed by atoms with van der Waals surface area (Å²) in [6.07, 6.45) is 4.39. The number of piperidine rings is 1. The SMILES string of the molecule is CCc1ccc(-n2c(SCC(=O)N3CCCC[C@H]3C)nnc2-c2ccccc2)cc1. The smallest absolute Gasteiger partial charge is 0.233 e. The topological polar surface area (TPSA) is 51.0 Å². The number of aromatic nitrogens is 3. The summed E-state index contributed by atoms with van der Waals surface area (Å²) in [5.41, 5.74) is 3.31. The minimum Gasteiger partial charge on any atom is -0.339 e. The molecule has 0 bridgehead atoms. The highest BCUT2D eigenvalue weighted by molar-refractivity contribution is 7.99. The summed E-state index contributed by atoms with van der Waals surface area (Å²) in [7, 11) is 0. The molecule has 156 valence electrons. The van der Waals surface area contributed by atoms with Crippen molar-refractivity contribution >= 4 is 17.7 Å². The normalized spacial score (nSPS) is 16.6. The Morgan fingerprint density at radius 1 is 1.07 bits per heavy atom. The average Bonchev–Trinajstić information content (AvgIpc) is 3.22. The van der Waals surface area contributed by atoms with Crippen molar-refractivity contribution in [2.24, 2.45) is 0 Å². The molecule has 1 aliphatic rings. The van der Waals surface area contributed by atoms with Crippen LogP contribution in [0.4, 0.5) is 0 Å². The first-order valence-electron chi connectivity index (χ1n) is 10.7. The monoisotopic (exact) mass is 420 g/mol. The van der Waals surface area contributed by atoms with Gasteiger partial charge in [-0.3, -0.25) is 9.36 Å². The zero-order valence-corrected chi connectivity index (χ0v) is 18.4. The molecule has 2 aromatic carbocycles. The van der Waals surface area contributed by atoms with Gasteiger partial charge in [-0.15, -0.1) is 10.2 Å². The number of thioether (sulfide) groups is 1. The van der Waals surface area contributed by atoms with E-state index in [1.807, 2.05) is 35.2 Å². The lowest BCUT2D eigenvalue weighted by Crippen LogP contribution is -2.42. The van der Waals surface area contributed by atoms with Crippen molar-refractivity contribution in [2.45, 2.75) is 50.7 Å². The van der Waals surface area contributed by atoms with Crippen molar-refractivity contribution in [3.05, 3.63) is 60.2 Å². The predicted octanol–water partition coefficient (Wildman–Crippen LogP) is 4.99. The highest BCUT2D eigenvalue weighted by Crippen LogP contribution is 2.29. The summed E-state index contributed by atoms with van der Waals surface area (Å²) in [6, 6.07) is 18.9. The van der Waals surface area contributed by atoms with Gasteiger partial charge in [-0.25, -0.2) is 0 Å². The molecule has 1 amide bonds. The third kappa shape index (κ3) is 4.43. The fourth-order valence-corrected chi connectivity index (χ4v) is 4.77. The highest BCUT2D eigenvalue weighted by atomic mass is 32.2. The molecule has 30 heavy (non-hydrogen) atoms. The third-order valence-electron chi connectivity index (χ3n) is 5.72. The highest BCUT2D eigenvalue weighted by Gasteiger charge is 2.24. The molecular formula is C24H28N4OS. The number of aryl methyl sites for hydroxylation is 1. The number of amides is 1. The van der Waals surface area contributed by atoms with Crippen molar-refractivity contribution in [1.29, 1.82) is 0 Å². The van der Waals surface area contributed by atoms with E-state index in [0.29, 0.717) is 11.8 Å². The van der Waals surface area contributed by atoms with E-state index in [0.717, 1.165) is 48.0 Å². The van der Waals surface area contributed by atoms with Crippen LogP contribution in [0.25, 0.3) is 17.1 Å². The van der Waals surface area contributed by atoms with Crippen LogP contribution in [-0.4, -0.2) is 43.9 Å². The summed E-state index contributed by atoms with van der Waals surface area (Å²) in [5.74, 6) is 1.36. The van der Waals surface area contributed by atoms with Crippen LogP contribution in [0.5, 0.6) is 0 Å². The second kappa shape index (κ2) is 9.47. The molecule has 0 unspecified atom stereocenters. The fraction of sp³-hybridized carbons (Fsp3) is 0.375. The van der Waals surface area contributed by atoms with Gasteiger partial charge in [0.2, 0.25) is 5.91 Å². The number of nitrogens with zero attached hydrogens (tertiary/aromatic N) is 4. The Bertz CT molecular complexity index is 984. The summed E-state index contributed by atoms with van der Waals surface area (Å²) in [4.78, 5) is 14.9. The van der Waals surface area contributed by atoms with E-state index in [1.165, 1.54) is 23.7 Å². The maximum atomic E-state index is 12.8. The van der Waals surface area contributed by atoms with Gasteiger partial charge in [0.15, 0.2) is 11.0 Å². The number of likely N-dealkylation sites (tertiary alicyclic amines) is 1. The fourth-order valence-electron chi connectivity index (χ4n) is 3.93. The number of benzene rings is 2. The Kier molecular flexibility index (Phi) is 6.53. The molecule has 1 saturated heterocycles. The second-order valence-corrected chi connectivity index (χ2v) is 8.69. The molecule has 1 aromatic heterocycles. The molecule has 0 radical (unpaired) electrons. The lowest BCUT2D eigenvalue weighted by molar-refractivity contribution is -0.131. The molecule has 0 saturated carbocycles. The largest absolute Gasteiger partial charge is 0.339 e. The van der Waals surface area contributed by atoms with Gasteiger partial charge in [0.05, 0.1) is 5.75 Å². The van der Waals surface area contributed by atoms with Crippen LogP contribution in [0.3, 0.4) is 0 Å². The molecular weight excluding hydrogens is 392 g/mol. The quantitative estimate of drug-likeness (QED) is 0.527. The van der Waals surface area contributed by atoms with E-state index in [4.69, 9.17) is 0 Å². The van der Waals surface area contributed by atoms with E-state index in [1.54, 1.807) is 0 Å². The molecule has 1 aliphatic heterocycles. The lowest BCUT2D eigenvalue weighted by Gasteiger charge is -2.33. The molecule has 4 rings (SSSR count). The van der Waals surface area contributed by atoms with Crippen molar-refractivity contribution < 1.29 is 4.79 Å². The van der Waals surface area contributed by atoms with Gasteiger partial charge < -0.3 is 4.90 Å². The maximum absolute atomic E-state index is 12.8. The van der Waals surface area contributed by atoms with Crippen molar-refractivity contribution in [3.8, 4) is 17.1 Å². The van der Waals surface area contributed by atoms with Gasteiger partial charge in [-0.1, -0.05) is 61.2 Å². The zero-order chi connectivity index (χ0) is 20.9. The first kappa shape index (κ1) is 20.7. The molecule has 6 heteroatoms. The molecule has 1 fully saturated rings. The second-order valence-electron chi connectivity index (χ2n) is 7.75. The Labute approximate surface area is 182 Å². The van der Waals surface area contributed by atoms with Crippen molar-refractivity contribution in [2.75, 3.05) is 12.3 Å². The number of hydrogen-bond donors (Lipinski definition) is 0. The van der Waals surface area contributed by atoms with E-state index in [2.05, 4.69) is 52.9 Å². The molecule has 0 spiro atoms. The Morgan fingerprint density at radius 3 is 2.53 bits per heavy atom. The van der Waals surface area contributed by atoms with E-state index in [9.17, 15) is 4.79 Å². The zero-order valence-electron chi connectivity index (χ0n) is 17.6. The van der Waals surface area contributed by atoms with Crippen LogP contribution in [0.2, 0.25) is 0 Å². The molecule has 5 nitrogen and oxygen atoms in total. The third-order valence-corrected chi connectivity index (χ3v) is 6.63. The van der Waals surface area contributed by atoms with Crippen LogP contribution in [0.15, 0.2) is 59.8 Å². The van der Waals surface area contributed by atoms with Crippen LogP contribution in [-0.2, 0) is 11.2 Å². The van der Waals surface area contributed by atoms with Gasteiger partial charge in [0.25, 0.3) is 0 Å². The van der Waals surface area contributed by atoms with Crippen LogP contribution >= 0.6 is 11.8 Å². The molecule has 0 aliphatic carbocycles. The van der Waals surface area contributed by atoms with Gasteiger partial charge in [0, 0.05) is 23.8 Å². The molecule has 0 N–H and O–H groups in total. The predicted molar refractivity (Wildman–Crippen MR) is 122 cm³/mol. The Hall–Kier alpha value is -2.60. The van der Waals surface area contributed by atoms with Gasteiger partial charge in [0.1, 0.15) is 0 Å². The Morgan fingerprint density at radius 2 is 1.83 bits per heavy atom. The summed E-state index contributed by atoms with van der Waals surface area (Å²) < 4.78 is 2.06. The number of carbonyl (C=O) groups is 1. The lowest BCUT2D eigenvalue weighted by atomic mass is 10.0. The van der Waals surface area contributed by atoms with Crippen LogP contribution in [0.1, 0.15) is 38.7 Å². The Balaban J connectivity index is 1.62. The van der Waals surface area contributed by atoms with Crippen LogP contribution in [0, 0.1) is 0 Å². The van der Waals surface area contributed by atoms with E-state index >= 15 is 0 Å². The number of rotatable bonds is 6. The van der Waals surface area contributed by atoms with Gasteiger partial charge in [-0.2, -0.15) is 0 Å². The molecule has 1 atom stereocenters. The van der Waals surface area contributed by atoms with Gasteiger partial charge >= 0.3 is 0 Å². The van der Waals surface area contributed by atoms with E-state index in [-0.39, 0.29) is 5.91 Å². The minimum atomic E-state index is 0.185. The van der Waals surface area contributed by atoms with Gasteiger partial charge in [-0.05, 0) is 50.3 Å². The standard InChI is InChI=1S/C24H28N4OS/c1-3-19-12-14-21(15-13-19)28-23(20-10-5-4-6-11-20)25-26-24(28)30-17-22(29)27-16-8-7-9-18(27)2/h4-6,10-15,18H,3,7-9,16-17H2,1-2H3/t18-/m1/s1. The maximum Gasteiger partial charge on any atom is 0.233 e. The minimum absolute atomic E-state index is 0.185. The average molecular weight is 421 g/mol. The number of carbonyl (C=O) groups excluding carboxylic acids is 1. The number of hydrogen-bond acceptors (Lipinski definition) is 4. The van der Waals surface area contributed by atoms with Crippen molar-refractivity contribution in [1.82, 2.24) is 19.7 Å². The summed E-state index contributed by atoms with van der Waals surface area (Å²) in [5, 5.41) is 9.68. The van der Waals surface area contributed by atoms with Crippen molar-refractivity contribution in [3.63, 3.8) is 0 Å². The first-order valence-corrected chi connectivity index (χ1v) is 11.7.